The van der Waals surface area contributed by atoms with Crippen LogP contribution in [0.2, 0.25) is 5.02 Å². The molecular weight excluding hydrogens is 312 g/mol. The zero-order valence-electron chi connectivity index (χ0n) is 11.0. The minimum atomic E-state index is 0.296. The lowest BCUT2D eigenvalue weighted by Crippen LogP contribution is -2.26. The number of carbonyl (C=O) groups is 1. The lowest BCUT2D eigenvalue weighted by molar-refractivity contribution is -0.127. The van der Waals surface area contributed by atoms with Crippen LogP contribution in [-0.2, 0) is 4.79 Å². The Balaban J connectivity index is 1.61. The Labute approximate surface area is 130 Å². The molecule has 0 atom stereocenters. The number of likely N-dealkylation sites (tertiary alicyclic amines) is 1. The first-order valence-corrected chi connectivity index (χ1v) is 8.71. The molecule has 0 bridgehead atoms. The van der Waals surface area contributed by atoms with Gasteiger partial charge in [0.1, 0.15) is 0 Å². The van der Waals surface area contributed by atoms with Gasteiger partial charge < -0.3 is 4.90 Å². The van der Waals surface area contributed by atoms with Crippen LogP contribution in [0.15, 0.2) is 23.2 Å². The molecule has 106 valence electrons. The molecule has 0 saturated carbocycles. The van der Waals surface area contributed by atoms with Gasteiger partial charge in [0.15, 0.2) is 3.98 Å². The lowest BCUT2D eigenvalue weighted by atomic mass is 10.4. The van der Waals surface area contributed by atoms with Gasteiger partial charge in [-0.25, -0.2) is 0 Å². The van der Waals surface area contributed by atoms with Crippen molar-refractivity contribution in [3.63, 3.8) is 0 Å². The molecule has 3 rings (SSSR count). The van der Waals surface area contributed by atoms with E-state index < -0.39 is 0 Å². The van der Waals surface area contributed by atoms with E-state index >= 15 is 0 Å². The molecule has 2 aromatic rings. The molecule has 20 heavy (non-hydrogen) atoms. The average molecular weight is 327 g/mol. The van der Waals surface area contributed by atoms with Crippen molar-refractivity contribution < 1.29 is 4.79 Å². The van der Waals surface area contributed by atoms with E-state index in [0.29, 0.717) is 5.91 Å². The third kappa shape index (κ3) is 3.22. The van der Waals surface area contributed by atoms with Crippen molar-refractivity contribution in [2.24, 2.45) is 4.99 Å². The van der Waals surface area contributed by atoms with Gasteiger partial charge in [-0.05, 0) is 31.0 Å². The van der Waals surface area contributed by atoms with Crippen LogP contribution >= 0.6 is 34.3 Å². The van der Waals surface area contributed by atoms with Crippen molar-refractivity contribution in [2.75, 3.05) is 19.6 Å². The molecule has 1 fully saturated rings. The van der Waals surface area contributed by atoms with E-state index in [1.807, 2.05) is 23.1 Å². The van der Waals surface area contributed by atoms with Crippen molar-refractivity contribution in [1.82, 2.24) is 4.90 Å². The Morgan fingerprint density at radius 1 is 1.30 bits per heavy atom. The Bertz CT molecular complexity index is 692. The molecule has 6 heteroatoms. The molecule has 1 aromatic carbocycles. The van der Waals surface area contributed by atoms with Crippen LogP contribution in [0, 0.1) is 0 Å². The average Bonchev–Trinajstić information content (AvgIpc) is 3.00. The van der Waals surface area contributed by atoms with Crippen molar-refractivity contribution >= 4 is 49.6 Å². The van der Waals surface area contributed by atoms with E-state index in [9.17, 15) is 4.79 Å². The van der Waals surface area contributed by atoms with Crippen LogP contribution in [0.5, 0.6) is 0 Å². The van der Waals surface area contributed by atoms with Gasteiger partial charge in [0.05, 0.1) is 0 Å². The smallest absolute Gasteiger partial charge is 0.222 e. The predicted octanol–water partition coefficient (Wildman–Crippen LogP) is 3.53. The summed E-state index contributed by atoms with van der Waals surface area (Å²) in [6.45, 7) is 2.54. The van der Waals surface area contributed by atoms with Crippen LogP contribution in [0.4, 0.5) is 0 Å². The normalized spacial score (nSPS) is 16.6. The Morgan fingerprint density at radius 3 is 2.95 bits per heavy atom. The van der Waals surface area contributed by atoms with E-state index in [2.05, 4.69) is 4.99 Å². The summed E-state index contributed by atoms with van der Waals surface area (Å²) in [5, 5.41) is 0.769. The molecule has 1 aliphatic rings. The second-order valence-electron chi connectivity index (χ2n) is 4.78. The fourth-order valence-electron chi connectivity index (χ4n) is 2.29. The fourth-order valence-corrected chi connectivity index (χ4v) is 4.82. The molecule has 0 spiro atoms. The van der Waals surface area contributed by atoms with Crippen LogP contribution in [0.25, 0.3) is 9.40 Å². The third-order valence-corrected chi connectivity index (χ3v) is 5.90. The zero-order valence-corrected chi connectivity index (χ0v) is 13.4. The first-order valence-electron chi connectivity index (χ1n) is 6.70. The maximum Gasteiger partial charge on any atom is 0.222 e. The number of halogens is 1. The van der Waals surface area contributed by atoms with E-state index in [4.69, 9.17) is 11.6 Å². The standard InChI is InChI=1S/C14H15ClN2OS2/c15-10-4-5-11-12(9-10)20-14(19-11)16-6-2-8-17-7-1-3-13(17)18/h4-5,9H,1-3,6-8H2/b16-14-. The van der Waals surface area contributed by atoms with Gasteiger partial charge in [0.25, 0.3) is 0 Å². The summed E-state index contributed by atoms with van der Waals surface area (Å²) < 4.78 is 3.50. The molecule has 3 nitrogen and oxygen atoms in total. The Hall–Kier alpha value is -0.910. The monoisotopic (exact) mass is 326 g/mol. The first kappa shape index (κ1) is 14.0. The number of nitrogens with zero attached hydrogens (tertiary/aromatic N) is 2. The van der Waals surface area contributed by atoms with Crippen LogP contribution < -0.4 is 3.98 Å². The first-order chi connectivity index (χ1) is 9.72. The summed E-state index contributed by atoms with van der Waals surface area (Å²) >= 11 is 9.37. The molecular formula is C14H15ClN2OS2. The lowest BCUT2D eigenvalue weighted by Gasteiger charge is -2.13. The second-order valence-corrected chi connectivity index (χ2v) is 7.54. The molecule has 0 unspecified atom stereocenters. The summed E-state index contributed by atoms with van der Waals surface area (Å²) in [7, 11) is 0. The number of hydrogen-bond acceptors (Lipinski definition) is 4. The molecule has 1 saturated heterocycles. The second kappa shape index (κ2) is 6.24. The summed E-state index contributed by atoms with van der Waals surface area (Å²) in [6, 6.07) is 5.94. The van der Waals surface area contributed by atoms with Gasteiger partial charge in [-0.15, -0.1) is 22.7 Å². The van der Waals surface area contributed by atoms with Crippen molar-refractivity contribution in [2.45, 2.75) is 19.3 Å². The van der Waals surface area contributed by atoms with E-state index in [0.717, 1.165) is 47.9 Å². The van der Waals surface area contributed by atoms with Crippen molar-refractivity contribution in [1.29, 1.82) is 0 Å². The van der Waals surface area contributed by atoms with E-state index in [1.54, 1.807) is 22.7 Å². The van der Waals surface area contributed by atoms with Gasteiger partial charge in [0.2, 0.25) is 5.91 Å². The molecule has 1 aromatic heterocycles. The largest absolute Gasteiger partial charge is 0.343 e. The Morgan fingerprint density at radius 2 is 2.15 bits per heavy atom. The number of rotatable bonds is 4. The fraction of sp³-hybridized carbons (Fsp3) is 0.429. The van der Waals surface area contributed by atoms with Crippen molar-refractivity contribution in [3.05, 3.63) is 27.2 Å². The minimum absolute atomic E-state index is 0.296. The minimum Gasteiger partial charge on any atom is -0.343 e. The van der Waals surface area contributed by atoms with Crippen LogP contribution in [0.3, 0.4) is 0 Å². The highest BCUT2D eigenvalue weighted by Crippen LogP contribution is 2.24. The van der Waals surface area contributed by atoms with E-state index in [1.165, 1.54) is 9.40 Å². The number of amides is 1. The number of hydrogen-bond donors (Lipinski definition) is 0. The van der Waals surface area contributed by atoms with Gasteiger partial charge in [0, 0.05) is 40.5 Å². The van der Waals surface area contributed by atoms with Gasteiger partial charge in [-0.1, -0.05) is 11.6 Å². The molecule has 0 aliphatic carbocycles. The summed E-state index contributed by atoms with van der Waals surface area (Å²) in [4.78, 5) is 18.0. The van der Waals surface area contributed by atoms with Crippen molar-refractivity contribution in [3.8, 4) is 0 Å². The highest BCUT2D eigenvalue weighted by atomic mass is 35.5. The number of fused-ring (bicyclic) bond motifs is 1. The van der Waals surface area contributed by atoms with Gasteiger partial charge in [-0.3, -0.25) is 9.79 Å². The Kier molecular flexibility index (Phi) is 4.38. The quantitative estimate of drug-likeness (QED) is 0.791. The number of carbonyl (C=O) groups excluding carboxylic acids is 1. The molecule has 0 N–H and O–H groups in total. The maximum absolute atomic E-state index is 11.5. The summed E-state index contributed by atoms with van der Waals surface area (Å²) in [6.07, 6.45) is 2.67. The zero-order chi connectivity index (χ0) is 13.9. The van der Waals surface area contributed by atoms with Gasteiger partial charge in [-0.2, -0.15) is 0 Å². The van der Waals surface area contributed by atoms with Crippen LogP contribution in [-0.4, -0.2) is 30.4 Å². The predicted molar refractivity (Wildman–Crippen MR) is 85.6 cm³/mol. The van der Waals surface area contributed by atoms with E-state index in [-0.39, 0.29) is 0 Å². The summed E-state index contributed by atoms with van der Waals surface area (Å²) in [5.74, 6) is 0.296. The number of benzene rings is 1. The SMILES string of the molecule is O=C1CCCN1CCC/N=c1/sc2ccc(Cl)cc2s1. The topological polar surface area (TPSA) is 32.7 Å². The van der Waals surface area contributed by atoms with Gasteiger partial charge >= 0.3 is 0 Å². The summed E-state index contributed by atoms with van der Waals surface area (Å²) in [5.41, 5.74) is 0. The third-order valence-electron chi connectivity index (χ3n) is 3.30. The highest BCUT2D eigenvalue weighted by molar-refractivity contribution is 7.35. The molecule has 1 aliphatic heterocycles. The molecule has 0 radical (unpaired) electrons. The molecule has 1 amide bonds. The molecule has 2 heterocycles. The van der Waals surface area contributed by atoms with Crippen LogP contribution in [0.1, 0.15) is 19.3 Å². The maximum atomic E-state index is 11.5. The highest BCUT2D eigenvalue weighted by Gasteiger charge is 2.18.